The summed E-state index contributed by atoms with van der Waals surface area (Å²) in [6.45, 7) is 9.06. The zero-order chi connectivity index (χ0) is 22.0. The van der Waals surface area contributed by atoms with Crippen LogP contribution in [-0.4, -0.2) is 69.1 Å². The molecule has 1 saturated heterocycles. The van der Waals surface area contributed by atoms with Crippen molar-refractivity contribution in [1.82, 2.24) is 15.5 Å². The van der Waals surface area contributed by atoms with Gasteiger partial charge >= 0.3 is 6.09 Å². The Labute approximate surface area is 180 Å². The summed E-state index contributed by atoms with van der Waals surface area (Å²) in [5, 5.41) is 6.34. The molecule has 1 aromatic carbocycles. The molecule has 1 fully saturated rings. The van der Waals surface area contributed by atoms with Crippen LogP contribution < -0.4 is 15.4 Å². The van der Waals surface area contributed by atoms with Crippen molar-refractivity contribution in [2.75, 3.05) is 40.5 Å². The van der Waals surface area contributed by atoms with Gasteiger partial charge in [-0.15, -0.1) is 0 Å². The van der Waals surface area contributed by atoms with E-state index < -0.39 is 5.60 Å². The van der Waals surface area contributed by atoms with Crippen molar-refractivity contribution in [2.45, 2.75) is 51.8 Å². The van der Waals surface area contributed by atoms with E-state index >= 15 is 0 Å². The Morgan fingerprint density at radius 3 is 2.80 bits per heavy atom. The molecule has 1 heterocycles. The number of benzene rings is 1. The fourth-order valence-corrected chi connectivity index (χ4v) is 3.20. The summed E-state index contributed by atoms with van der Waals surface area (Å²) in [5.41, 5.74) is 0.616. The Balaban J connectivity index is 1.80. The fourth-order valence-electron chi connectivity index (χ4n) is 3.20. The van der Waals surface area contributed by atoms with Crippen LogP contribution in [0.3, 0.4) is 0 Å². The van der Waals surface area contributed by atoms with E-state index in [0.717, 1.165) is 36.7 Å². The number of hydrogen-bond donors (Lipinski definition) is 2. The SMILES string of the molecule is CN=C(NCc1cccc(OCCCOC)c1)N1CC[C@@H](NC(=O)OC(C)(C)C)C1. The summed E-state index contributed by atoms with van der Waals surface area (Å²) in [7, 11) is 3.46. The van der Waals surface area contributed by atoms with E-state index in [4.69, 9.17) is 14.2 Å². The van der Waals surface area contributed by atoms with Crippen molar-refractivity contribution in [2.24, 2.45) is 4.99 Å². The lowest BCUT2D eigenvalue weighted by Crippen LogP contribution is -2.44. The van der Waals surface area contributed by atoms with Gasteiger partial charge in [-0.1, -0.05) is 12.1 Å². The Bertz CT molecular complexity index is 703. The summed E-state index contributed by atoms with van der Waals surface area (Å²) in [6.07, 6.45) is 1.34. The molecule has 0 aliphatic carbocycles. The van der Waals surface area contributed by atoms with Crippen molar-refractivity contribution >= 4 is 12.1 Å². The molecular formula is C22H36N4O4. The number of alkyl carbamates (subject to hydrolysis) is 1. The van der Waals surface area contributed by atoms with Gasteiger partial charge in [0.15, 0.2) is 5.96 Å². The number of nitrogens with one attached hydrogen (secondary N) is 2. The average molecular weight is 421 g/mol. The van der Waals surface area contributed by atoms with Crippen LogP contribution in [0.4, 0.5) is 4.79 Å². The van der Waals surface area contributed by atoms with Gasteiger partial charge in [0.25, 0.3) is 0 Å². The van der Waals surface area contributed by atoms with E-state index in [2.05, 4.69) is 26.6 Å². The molecule has 168 valence electrons. The smallest absolute Gasteiger partial charge is 0.407 e. The second kappa shape index (κ2) is 11.6. The minimum absolute atomic E-state index is 0.0437. The topological polar surface area (TPSA) is 84.4 Å². The van der Waals surface area contributed by atoms with Crippen molar-refractivity contribution in [3.63, 3.8) is 0 Å². The lowest BCUT2D eigenvalue weighted by Gasteiger charge is -2.23. The minimum atomic E-state index is -0.498. The van der Waals surface area contributed by atoms with Crippen molar-refractivity contribution in [1.29, 1.82) is 0 Å². The second-order valence-corrected chi connectivity index (χ2v) is 8.32. The van der Waals surface area contributed by atoms with Crippen LogP contribution in [0.2, 0.25) is 0 Å². The van der Waals surface area contributed by atoms with Crippen LogP contribution >= 0.6 is 0 Å². The zero-order valence-corrected chi connectivity index (χ0v) is 18.9. The maximum atomic E-state index is 12.0. The predicted octanol–water partition coefficient (Wildman–Crippen LogP) is 2.78. The molecule has 8 heteroatoms. The van der Waals surface area contributed by atoms with E-state index in [0.29, 0.717) is 26.3 Å². The van der Waals surface area contributed by atoms with Crippen molar-refractivity contribution < 1.29 is 19.0 Å². The number of hydrogen-bond acceptors (Lipinski definition) is 5. The zero-order valence-electron chi connectivity index (χ0n) is 18.9. The van der Waals surface area contributed by atoms with Crippen LogP contribution in [0.1, 0.15) is 39.2 Å². The van der Waals surface area contributed by atoms with Crippen LogP contribution in [0.5, 0.6) is 5.75 Å². The molecule has 0 spiro atoms. The molecule has 0 radical (unpaired) electrons. The third kappa shape index (κ3) is 8.49. The Hall–Kier alpha value is -2.48. The summed E-state index contributed by atoms with van der Waals surface area (Å²) in [6, 6.07) is 8.08. The number of carbonyl (C=O) groups is 1. The van der Waals surface area contributed by atoms with Crippen LogP contribution in [0.25, 0.3) is 0 Å². The predicted molar refractivity (Wildman–Crippen MR) is 118 cm³/mol. The van der Waals surface area contributed by atoms with Crippen LogP contribution in [0, 0.1) is 0 Å². The van der Waals surface area contributed by atoms with Gasteiger partial charge in [0.2, 0.25) is 0 Å². The number of guanidine groups is 1. The first-order chi connectivity index (χ1) is 14.3. The Morgan fingerprint density at radius 1 is 1.30 bits per heavy atom. The molecule has 1 aliphatic rings. The molecule has 2 N–H and O–H groups in total. The van der Waals surface area contributed by atoms with Gasteiger partial charge in [0.05, 0.1) is 12.6 Å². The molecule has 1 atom stereocenters. The van der Waals surface area contributed by atoms with Gasteiger partial charge in [0, 0.05) is 46.8 Å². The van der Waals surface area contributed by atoms with Crippen LogP contribution in [-0.2, 0) is 16.0 Å². The first-order valence-corrected chi connectivity index (χ1v) is 10.5. The Morgan fingerprint density at radius 2 is 2.10 bits per heavy atom. The first-order valence-electron chi connectivity index (χ1n) is 10.5. The average Bonchev–Trinajstić information content (AvgIpc) is 3.12. The largest absolute Gasteiger partial charge is 0.493 e. The number of likely N-dealkylation sites (tertiary alicyclic amines) is 1. The number of methoxy groups -OCH3 is 1. The van der Waals surface area contributed by atoms with Gasteiger partial charge in [0.1, 0.15) is 11.4 Å². The summed E-state index contributed by atoms with van der Waals surface area (Å²) in [4.78, 5) is 18.5. The third-order valence-corrected chi connectivity index (χ3v) is 4.53. The minimum Gasteiger partial charge on any atom is -0.493 e. The lowest BCUT2D eigenvalue weighted by molar-refractivity contribution is 0.0507. The van der Waals surface area contributed by atoms with E-state index in [1.165, 1.54) is 0 Å². The fraction of sp³-hybridized carbons (Fsp3) is 0.636. The van der Waals surface area contributed by atoms with Gasteiger partial charge in [-0.3, -0.25) is 4.99 Å². The maximum Gasteiger partial charge on any atom is 0.407 e. The lowest BCUT2D eigenvalue weighted by atomic mass is 10.2. The van der Waals surface area contributed by atoms with E-state index in [-0.39, 0.29) is 12.1 Å². The molecule has 30 heavy (non-hydrogen) atoms. The van der Waals surface area contributed by atoms with E-state index in [1.54, 1.807) is 14.2 Å². The Kier molecular flexibility index (Phi) is 9.23. The molecule has 0 aromatic heterocycles. The third-order valence-electron chi connectivity index (χ3n) is 4.53. The van der Waals surface area contributed by atoms with E-state index in [9.17, 15) is 4.79 Å². The van der Waals surface area contributed by atoms with Gasteiger partial charge in [-0.25, -0.2) is 4.79 Å². The highest BCUT2D eigenvalue weighted by atomic mass is 16.6. The van der Waals surface area contributed by atoms with Crippen molar-refractivity contribution in [3.05, 3.63) is 29.8 Å². The standard InChI is InChI=1S/C22H36N4O4/c1-22(2,3)30-21(27)25-18-10-11-26(16-18)20(23-4)24-15-17-8-6-9-19(14-17)29-13-7-12-28-5/h6,8-9,14,18H,7,10-13,15-16H2,1-5H3,(H,23,24)(H,25,27)/t18-/m1/s1. The number of carbonyl (C=O) groups excluding carboxylic acids is 1. The van der Waals surface area contributed by atoms with Crippen molar-refractivity contribution in [3.8, 4) is 5.75 Å². The monoisotopic (exact) mass is 420 g/mol. The number of ether oxygens (including phenoxy) is 3. The number of aliphatic imine (C=N–C) groups is 1. The quantitative estimate of drug-likeness (QED) is 0.382. The summed E-state index contributed by atoms with van der Waals surface area (Å²) >= 11 is 0. The first kappa shape index (κ1) is 23.8. The molecule has 0 unspecified atom stereocenters. The normalized spacial score (nSPS) is 17.0. The van der Waals surface area contributed by atoms with Gasteiger partial charge < -0.3 is 29.7 Å². The molecule has 1 aromatic rings. The second-order valence-electron chi connectivity index (χ2n) is 8.32. The molecule has 1 aliphatic heterocycles. The summed E-state index contributed by atoms with van der Waals surface area (Å²) < 4.78 is 16.2. The highest BCUT2D eigenvalue weighted by Gasteiger charge is 2.27. The molecule has 0 bridgehead atoms. The number of amides is 1. The highest BCUT2D eigenvalue weighted by molar-refractivity contribution is 5.80. The number of rotatable bonds is 8. The molecular weight excluding hydrogens is 384 g/mol. The molecule has 1 amide bonds. The highest BCUT2D eigenvalue weighted by Crippen LogP contribution is 2.15. The van der Waals surface area contributed by atoms with Gasteiger partial charge in [-0.05, 0) is 44.9 Å². The maximum absolute atomic E-state index is 12.0. The molecule has 8 nitrogen and oxygen atoms in total. The van der Waals surface area contributed by atoms with Gasteiger partial charge in [-0.2, -0.15) is 0 Å². The molecule has 0 saturated carbocycles. The van der Waals surface area contributed by atoms with Crippen LogP contribution in [0.15, 0.2) is 29.3 Å². The number of nitrogens with zero attached hydrogens (tertiary/aromatic N) is 2. The summed E-state index contributed by atoms with van der Waals surface area (Å²) in [5.74, 6) is 1.66. The van der Waals surface area contributed by atoms with E-state index in [1.807, 2.05) is 39.0 Å². The molecule has 2 rings (SSSR count).